The predicted molar refractivity (Wildman–Crippen MR) is 43.8 cm³/mol. The van der Waals surface area contributed by atoms with E-state index in [1.807, 2.05) is 0 Å². The molecule has 0 amide bonds. The summed E-state index contributed by atoms with van der Waals surface area (Å²) in [5.74, 6) is 0. The quantitative estimate of drug-likeness (QED) is 0.568. The minimum Gasteiger partial charge on any atom is -0.0683 e. The van der Waals surface area contributed by atoms with Crippen LogP contribution in [0.3, 0.4) is 0 Å². The summed E-state index contributed by atoms with van der Waals surface area (Å²) in [6.07, 6.45) is 3.41. The van der Waals surface area contributed by atoms with Crippen LogP contribution in [-0.4, -0.2) is 0 Å². The van der Waals surface area contributed by atoms with Crippen molar-refractivity contribution in [2.24, 2.45) is 0 Å². The van der Waals surface area contributed by atoms with Gasteiger partial charge in [-0.05, 0) is 24.5 Å². The fraction of sp³-hybridized carbons (Fsp3) is 0.200. The summed E-state index contributed by atoms with van der Waals surface area (Å²) < 4.78 is 0. The van der Waals surface area contributed by atoms with Gasteiger partial charge in [0, 0.05) is 25.8 Å². The average Bonchev–Trinajstić information content (AvgIpc) is 2.27. The Morgan fingerprint density at radius 2 is 1.91 bits per heavy atom. The van der Waals surface area contributed by atoms with Crippen LogP contribution in [0, 0.1) is 0 Å². The first-order chi connectivity index (χ1) is 4.86. The molecule has 1 aliphatic carbocycles. The van der Waals surface area contributed by atoms with Crippen LogP contribution in [0.4, 0.5) is 0 Å². The number of fused-ring (bicyclic) bond motifs is 1. The molecule has 0 saturated heterocycles. The molecule has 0 atom stereocenters. The van der Waals surface area contributed by atoms with Crippen LogP contribution in [0.5, 0.6) is 0 Å². The molecule has 0 aromatic heterocycles. The van der Waals surface area contributed by atoms with E-state index in [1.165, 1.54) is 16.7 Å². The molecule has 1 aliphatic rings. The SMILES string of the molecule is CC1=Cc2ccccc2C1.[Sc]. The molecule has 0 nitrogen and oxygen atoms in total. The molecule has 0 bridgehead atoms. The van der Waals surface area contributed by atoms with Crippen molar-refractivity contribution in [3.63, 3.8) is 0 Å². The van der Waals surface area contributed by atoms with Gasteiger partial charge in [0.2, 0.25) is 0 Å². The van der Waals surface area contributed by atoms with E-state index >= 15 is 0 Å². The third-order valence-corrected chi connectivity index (χ3v) is 1.93. The standard InChI is InChI=1S/C10H10.Sc/c1-8-6-9-4-2-3-5-10(9)7-8;/h2-6H,7H2,1H3;. The molecule has 1 radical (unpaired) electrons. The third-order valence-electron chi connectivity index (χ3n) is 1.93. The fourth-order valence-corrected chi connectivity index (χ4v) is 1.45. The molecule has 1 aromatic rings. The molecule has 53 valence electrons. The van der Waals surface area contributed by atoms with E-state index in [9.17, 15) is 0 Å². The maximum Gasteiger partial charge on any atom is 0 e. The molecule has 11 heavy (non-hydrogen) atoms. The average molecular weight is 175 g/mol. The zero-order valence-electron chi connectivity index (χ0n) is 6.67. The second kappa shape index (κ2) is 3.49. The maximum atomic E-state index is 2.26. The van der Waals surface area contributed by atoms with E-state index in [2.05, 4.69) is 37.3 Å². The Morgan fingerprint density at radius 1 is 1.18 bits per heavy atom. The predicted octanol–water partition coefficient (Wildman–Crippen LogP) is 2.64. The van der Waals surface area contributed by atoms with Crippen LogP contribution < -0.4 is 0 Å². The Hall–Kier alpha value is -0.170. The van der Waals surface area contributed by atoms with Crippen LogP contribution in [0.1, 0.15) is 18.1 Å². The van der Waals surface area contributed by atoms with Crippen molar-refractivity contribution in [3.8, 4) is 0 Å². The van der Waals surface area contributed by atoms with Crippen molar-refractivity contribution in [3.05, 3.63) is 41.0 Å². The molecule has 0 fully saturated rings. The Labute approximate surface area is 86.1 Å². The summed E-state index contributed by atoms with van der Waals surface area (Å²) in [5, 5.41) is 0. The van der Waals surface area contributed by atoms with E-state index < -0.39 is 0 Å². The molecule has 0 heterocycles. The number of rotatable bonds is 0. The minimum atomic E-state index is 0. The fourth-order valence-electron chi connectivity index (χ4n) is 1.45. The number of allylic oxidation sites excluding steroid dienone is 1. The number of hydrogen-bond acceptors (Lipinski definition) is 0. The van der Waals surface area contributed by atoms with E-state index in [-0.39, 0.29) is 25.8 Å². The zero-order valence-corrected chi connectivity index (χ0v) is 8.47. The van der Waals surface area contributed by atoms with Gasteiger partial charge in [0.15, 0.2) is 0 Å². The third kappa shape index (κ3) is 1.70. The minimum absolute atomic E-state index is 0. The molecule has 0 N–H and O–H groups in total. The summed E-state index contributed by atoms with van der Waals surface area (Å²) >= 11 is 0. The first kappa shape index (κ1) is 8.92. The van der Waals surface area contributed by atoms with Crippen molar-refractivity contribution in [2.45, 2.75) is 13.3 Å². The zero-order chi connectivity index (χ0) is 6.97. The van der Waals surface area contributed by atoms with Gasteiger partial charge in [0.1, 0.15) is 0 Å². The van der Waals surface area contributed by atoms with Gasteiger partial charge in [0.05, 0.1) is 0 Å². The van der Waals surface area contributed by atoms with Crippen LogP contribution in [-0.2, 0) is 32.3 Å². The molecule has 1 aromatic carbocycles. The summed E-state index contributed by atoms with van der Waals surface area (Å²) in [6.45, 7) is 2.18. The monoisotopic (exact) mass is 175 g/mol. The van der Waals surface area contributed by atoms with Crippen molar-refractivity contribution >= 4 is 6.08 Å². The molecule has 0 aliphatic heterocycles. The van der Waals surface area contributed by atoms with Crippen molar-refractivity contribution in [2.75, 3.05) is 0 Å². The van der Waals surface area contributed by atoms with Gasteiger partial charge in [-0.15, -0.1) is 0 Å². The van der Waals surface area contributed by atoms with Crippen molar-refractivity contribution < 1.29 is 25.8 Å². The van der Waals surface area contributed by atoms with Crippen molar-refractivity contribution in [1.82, 2.24) is 0 Å². The Morgan fingerprint density at radius 3 is 2.64 bits per heavy atom. The first-order valence-electron chi connectivity index (χ1n) is 3.61. The molecular formula is C10H10Sc. The first-order valence-corrected chi connectivity index (χ1v) is 3.61. The summed E-state index contributed by atoms with van der Waals surface area (Å²) in [6, 6.07) is 8.56. The van der Waals surface area contributed by atoms with Gasteiger partial charge < -0.3 is 0 Å². The van der Waals surface area contributed by atoms with E-state index in [0.29, 0.717) is 0 Å². The molecule has 2 rings (SSSR count). The molecule has 0 unspecified atom stereocenters. The summed E-state index contributed by atoms with van der Waals surface area (Å²) in [5.41, 5.74) is 4.35. The Kier molecular flexibility index (Phi) is 2.83. The molecule has 0 saturated carbocycles. The van der Waals surface area contributed by atoms with Gasteiger partial charge >= 0.3 is 0 Å². The van der Waals surface area contributed by atoms with Crippen LogP contribution in [0.15, 0.2) is 29.8 Å². The largest absolute Gasteiger partial charge is 0.0683 e. The van der Waals surface area contributed by atoms with E-state index in [4.69, 9.17) is 0 Å². The Bertz CT molecular complexity index is 287. The second-order valence-electron chi connectivity index (χ2n) is 2.87. The topological polar surface area (TPSA) is 0 Å². The summed E-state index contributed by atoms with van der Waals surface area (Å²) in [4.78, 5) is 0. The second-order valence-corrected chi connectivity index (χ2v) is 2.87. The summed E-state index contributed by atoms with van der Waals surface area (Å²) in [7, 11) is 0. The van der Waals surface area contributed by atoms with Gasteiger partial charge in [0.25, 0.3) is 0 Å². The van der Waals surface area contributed by atoms with Gasteiger partial charge in [-0.2, -0.15) is 0 Å². The molecular weight excluding hydrogens is 165 g/mol. The molecule has 1 heteroatoms. The van der Waals surface area contributed by atoms with Crippen LogP contribution >= 0.6 is 0 Å². The maximum absolute atomic E-state index is 2.26. The number of benzene rings is 1. The van der Waals surface area contributed by atoms with E-state index in [0.717, 1.165) is 6.42 Å². The Balaban J connectivity index is 0.000000605. The van der Waals surface area contributed by atoms with Crippen LogP contribution in [0.2, 0.25) is 0 Å². The normalized spacial score (nSPS) is 13.4. The van der Waals surface area contributed by atoms with Gasteiger partial charge in [-0.3, -0.25) is 0 Å². The molecule has 0 spiro atoms. The van der Waals surface area contributed by atoms with Crippen molar-refractivity contribution in [1.29, 1.82) is 0 Å². The van der Waals surface area contributed by atoms with E-state index in [1.54, 1.807) is 0 Å². The van der Waals surface area contributed by atoms with Gasteiger partial charge in [-0.1, -0.05) is 35.9 Å². The number of hydrogen-bond donors (Lipinski definition) is 0. The van der Waals surface area contributed by atoms with Gasteiger partial charge in [-0.25, -0.2) is 0 Å². The van der Waals surface area contributed by atoms with Crippen LogP contribution in [0.25, 0.3) is 6.08 Å². The smallest absolute Gasteiger partial charge is 0 e.